The Balaban J connectivity index is 1.31. The summed E-state index contributed by atoms with van der Waals surface area (Å²) in [5.74, 6) is -0.479. The highest BCUT2D eigenvalue weighted by atomic mass is 16.5. The molecule has 0 aliphatic heterocycles. The lowest BCUT2D eigenvalue weighted by atomic mass is 10.2. The van der Waals surface area contributed by atoms with E-state index in [4.69, 9.17) is 4.74 Å². The second-order valence-electron chi connectivity index (χ2n) is 7.27. The summed E-state index contributed by atoms with van der Waals surface area (Å²) in [5.41, 5.74) is 1.50. The molecule has 36 heavy (non-hydrogen) atoms. The molecule has 0 radical (unpaired) electrons. The number of nitrogens with zero attached hydrogens (tertiary/aromatic N) is 6. The Morgan fingerprint density at radius 1 is 0.722 bits per heavy atom. The van der Waals surface area contributed by atoms with Gasteiger partial charge in [-0.05, 0) is 0 Å². The maximum Gasteiger partial charge on any atom is 0.295 e. The molecule has 2 amide bonds. The van der Waals surface area contributed by atoms with Crippen molar-refractivity contribution >= 4 is 23.6 Å². The highest BCUT2D eigenvalue weighted by molar-refractivity contribution is 6.02. The molecule has 5 rings (SSSR count). The zero-order chi connectivity index (χ0) is 24.9. The molecular formula is C23H18N10O3. The van der Waals surface area contributed by atoms with Crippen molar-refractivity contribution in [3.8, 4) is 28.7 Å². The first-order chi connectivity index (χ1) is 17.6. The first kappa shape index (κ1) is 22.3. The number of ether oxygens (including phenoxy) is 1. The van der Waals surface area contributed by atoms with Gasteiger partial charge in [0.2, 0.25) is 23.5 Å². The van der Waals surface area contributed by atoms with Gasteiger partial charge in [-0.2, -0.15) is 20.2 Å². The van der Waals surface area contributed by atoms with Gasteiger partial charge in [0.1, 0.15) is 5.82 Å². The van der Waals surface area contributed by atoms with Gasteiger partial charge in [0.25, 0.3) is 11.8 Å². The molecule has 178 valence electrons. The van der Waals surface area contributed by atoms with Gasteiger partial charge in [0, 0.05) is 17.2 Å². The molecule has 0 unspecified atom stereocenters. The Bertz CT molecular complexity index is 1410. The molecule has 0 saturated heterocycles. The minimum Gasteiger partial charge on any atom is -0.481 e. The normalized spacial score (nSPS) is 10.6. The molecule has 2 aromatic carbocycles. The van der Waals surface area contributed by atoms with E-state index in [1.165, 1.54) is 13.2 Å². The molecule has 0 aliphatic rings. The van der Waals surface area contributed by atoms with Crippen molar-refractivity contribution in [1.82, 2.24) is 40.3 Å². The molecule has 5 aromatic rings. The number of carbonyl (C=O) groups is 2. The molecule has 13 nitrogen and oxygen atoms in total. The summed E-state index contributed by atoms with van der Waals surface area (Å²) in [6.45, 7) is 0. The Hall–Kier alpha value is -5.46. The van der Waals surface area contributed by atoms with Gasteiger partial charge in [-0.1, -0.05) is 60.7 Å². The lowest BCUT2D eigenvalue weighted by Crippen LogP contribution is -2.19. The van der Waals surface area contributed by atoms with Crippen LogP contribution in [-0.4, -0.2) is 59.3 Å². The molecule has 0 atom stereocenters. The van der Waals surface area contributed by atoms with Crippen LogP contribution in [0.5, 0.6) is 5.88 Å². The summed E-state index contributed by atoms with van der Waals surface area (Å²) in [6, 6.07) is 19.8. The summed E-state index contributed by atoms with van der Waals surface area (Å²) >= 11 is 0. The summed E-state index contributed by atoms with van der Waals surface area (Å²) < 4.78 is 5.17. The largest absolute Gasteiger partial charge is 0.481 e. The second-order valence-corrected chi connectivity index (χ2v) is 7.27. The minimum absolute atomic E-state index is 0.0212. The van der Waals surface area contributed by atoms with Gasteiger partial charge in [-0.3, -0.25) is 25.1 Å². The standard InChI is InChI=1S/C23H18N10O3/c1-36-16-12-15(24-21(34)19-27-17(30-32-19)13-8-4-2-5-9-13)25-23(26-16)29-22(35)20-28-18(31-33-20)14-10-6-3-7-11-14/h2-12H,1H3,(H,27,30,32)(H,28,31,33)(H2,24,25,26,29,34,35). The van der Waals surface area contributed by atoms with Crippen LogP contribution in [0.2, 0.25) is 0 Å². The van der Waals surface area contributed by atoms with Crippen LogP contribution < -0.4 is 15.4 Å². The number of aromatic nitrogens is 8. The lowest BCUT2D eigenvalue weighted by Gasteiger charge is -2.08. The molecule has 4 N–H and O–H groups in total. The number of anilines is 2. The average molecular weight is 482 g/mol. The van der Waals surface area contributed by atoms with Crippen LogP contribution in [-0.2, 0) is 0 Å². The van der Waals surface area contributed by atoms with Crippen molar-refractivity contribution in [3.05, 3.63) is 78.4 Å². The molecule has 3 aromatic heterocycles. The fourth-order valence-corrected chi connectivity index (χ4v) is 3.15. The van der Waals surface area contributed by atoms with Crippen LogP contribution in [0.4, 0.5) is 11.8 Å². The third kappa shape index (κ3) is 4.89. The van der Waals surface area contributed by atoms with Crippen molar-refractivity contribution in [2.45, 2.75) is 0 Å². The van der Waals surface area contributed by atoms with Crippen molar-refractivity contribution < 1.29 is 14.3 Å². The molecule has 0 bridgehead atoms. The number of hydrogen-bond acceptors (Lipinski definition) is 9. The third-order valence-corrected chi connectivity index (χ3v) is 4.84. The van der Waals surface area contributed by atoms with Gasteiger partial charge in [0.15, 0.2) is 11.6 Å². The van der Waals surface area contributed by atoms with Gasteiger partial charge in [-0.15, -0.1) is 0 Å². The predicted molar refractivity (Wildman–Crippen MR) is 128 cm³/mol. The van der Waals surface area contributed by atoms with E-state index < -0.39 is 11.8 Å². The molecule has 3 heterocycles. The number of aromatic amines is 2. The predicted octanol–water partition coefficient (Wildman–Crippen LogP) is 2.56. The number of rotatable bonds is 7. The Kier molecular flexibility index (Phi) is 6.08. The highest BCUT2D eigenvalue weighted by Gasteiger charge is 2.18. The van der Waals surface area contributed by atoms with E-state index in [2.05, 4.69) is 51.0 Å². The van der Waals surface area contributed by atoms with Crippen LogP contribution in [0.25, 0.3) is 22.8 Å². The number of benzene rings is 2. The summed E-state index contributed by atoms with van der Waals surface area (Å²) in [7, 11) is 1.39. The summed E-state index contributed by atoms with van der Waals surface area (Å²) in [4.78, 5) is 42.0. The topological polar surface area (TPSA) is 176 Å². The van der Waals surface area contributed by atoms with Crippen molar-refractivity contribution in [3.63, 3.8) is 0 Å². The summed E-state index contributed by atoms with van der Waals surface area (Å²) in [6.07, 6.45) is 0. The maximum atomic E-state index is 12.7. The number of H-pyrrole nitrogens is 2. The van der Waals surface area contributed by atoms with Crippen molar-refractivity contribution in [2.24, 2.45) is 0 Å². The fourth-order valence-electron chi connectivity index (χ4n) is 3.15. The Labute approximate surface area is 203 Å². The number of amides is 2. The highest BCUT2D eigenvalue weighted by Crippen LogP contribution is 2.19. The lowest BCUT2D eigenvalue weighted by molar-refractivity contribution is 0.101. The van der Waals surface area contributed by atoms with Crippen LogP contribution >= 0.6 is 0 Å². The number of nitrogens with one attached hydrogen (secondary N) is 4. The Morgan fingerprint density at radius 3 is 1.78 bits per heavy atom. The molecule has 0 saturated carbocycles. The molecule has 13 heteroatoms. The zero-order valence-electron chi connectivity index (χ0n) is 18.8. The number of carbonyl (C=O) groups excluding carboxylic acids is 2. The van der Waals surface area contributed by atoms with E-state index in [0.717, 1.165) is 11.1 Å². The number of hydrogen-bond donors (Lipinski definition) is 4. The first-order valence-electron chi connectivity index (χ1n) is 10.6. The maximum absolute atomic E-state index is 12.7. The van der Waals surface area contributed by atoms with Crippen LogP contribution in [0.3, 0.4) is 0 Å². The van der Waals surface area contributed by atoms with Gasteiger partial charge >= 0.3 is 0 Å². The van der Waals surface area contributed by atoms with Crippen LogP contribution in [0.1, 0.15) is 21.2 Å². The van der Waals surface area contributed by atoms with Gasteiger partial charge < -0.3 is 10.1 Å². The second kappa shape index (κ2) is 9.80. The molecule has 0 aliphatic carbocycles. The SMILES string of the molecule is COc1cc(NC(=O)c2nc(-c3ccccc3)n[nH]2)nc(NC(=O)c2nc(-c3ccccc3)n[nH]2)n1. The van der Waals surface area contributed by atoms with E-state index in [1.54, 1.807) is 0 Å². The first-order valence-corrected chi connectivity index (χ1v) is 10.6. The monoisotopic (exact) mass is 482 g/mol. The molecular weight excluding hydrogens is 464 g/mol. The van der Waals surface area contributed by atoms with Crippen molar-refractivity contribution in [1.29, 1.82) is 0 Å². The molecule has 0 spiro atoms. The Morgan fingerprint density at radius 2 is 1.25 bits per heavy atom. The zero-order valence-corrected chi connectivity index (χ0v) is 18.8. The van der Waals surface area contributed by atoms with E-state index in [9.17, 15) is 9.59 Å². The number of methoxy groups -OCH3 is 1. The van der Waals surface area contributed by atoms with Crippen molar-refractivity contribution in [2.75, 3.05) is 17.7 Å². The quantitative estimate of drug-likeness (QED) is 0.271. The average Bonchev–Trinajstić information content (AvgIpc) is 3.60. The van der Waals surface area contributed by atoms with E-state index in [0.29, 0.717) is 11.6 Å². The van der Waals surface area contributed by atoms with Crippen LogP contribution in [0.15, 0.2) is 66.7 Å². The summed E-state index contributed by atoms with van der Waals surface area (Å²) in [5, 5.41) is 18.4. The van der Waals surface area contributed by atoms with E-state index in [-0.39, 0.29) is 29.3 Å². The minimum atomic E-state index is -0.627. The van der Waals surface area contributed by atoms with Gasteiger partial charge in [-0.25, -0.2) is 9.97 Å². The molecule has 0 fully saturated rings. The van der Waals surface area contributed by atoms with E-state index >= 15 is 0 Å². The third-order valence-electron chi connectivity index (χ3n) is 4.84. The van der Waals surface area contributed by atoms with Crippen LogP contribution in [0, 0.1) is 0 Å². The fraction of sp³-hybridized carbons (Fsp3) is 0.0435. The van der Waals surface area contributed by atoms with Gasteiger partial charge in [0.05, 0.1) is 7.11 Å². The smallest absolute Gasteiger partial charge is 0.295 e. The van der Waals surface area contributed by atoms with E-state index in [1.807, 2.05) is 60.7 Å².